The average molecular weight is 1360 g/mol. The van der Waals surface area contributed by atoms with Crippen molar-refractivity contribution in [2.75, 3.05) is 33.0 Å². The van der Waals surface area contributed by atoms with E-state index in [0.717, 1.165) is 5.57 Å². The summed E-state index contributed by atoms with van der Waals surface area (Å²) in [5, 5.41) is 199. The quantitative estimate of drug-likeness (QED) is 0.0438. The number of fused-ring (bicyclic) bond motifs is 7. The largest absolute Gasteiger partial charge is 0.432 e. The van der Waals surface area contributed by atoms with Gasteiger partial charge in [0.25, 0.3) is 0 Å². The first kappa shape index (κ1) is 73.3. The zero-order valence-corrected chi connectivity index (χ0v) is 54.2. The summed E-state index contributed by atoms with van der Waals surface area (Å²) in [6.07, 6.45) is -42.0. The Hall–Kier alpha value is -1.95. The Labute approximate surface area is 543 Å². The van der Waals surface area contributed by atoms with E-state index in [1.807, 2.05) is 6.92 Å². The number of carbonyl (C=O) groups is 1. The highest BCUT2D eigenvalue weighted by molar-refractivity contribution is 5.79. The van der Waals surface area contributed by atoms with Gasteiger partial charge in [-0.1, -0.05) is 53.2 Å². The smallest absolute Gasteiger partial charge is 0.315 e. The predicted octanol–water partition coefficient (Wildman–Crippen LogP) is -5.50. The summed E-state index contributed by atoms with van der Waals surface area (Å²) in [5.74, 6) is -1.99. The van der Waals surface area contributed by atoms with E-state index in [4.69, 9.17) is 56.8 Å². The second-order valence-corrected chi connectivity index (χ2v) is 30.7. The lowest BCUT2D eigenvalue weighted by atomic mass is 9.33. The van der Waals surface area contributed by atoms with E-state index in [9.17, 15) is 91.9 Å². The first-order valence-corrected chi connectivity index (χ1v) is 33.1. The number of esters is 1. The Morgan fingerprint density at radius 3 is 1.73 bits per heavy atom. The maximum atomic E-state index is 15.3. The highest BCUT2D eigenvalue weighted by Crippen LogP contribution is 2.76. The summed E-state index contributed by atoms with van der Waals surface area (Å²) >= 11 is 0. The molecule has 18 N–H and O–H groups in total. The number of hydrogen-bond donors (Lipinski definition) is 18. The molecule has 38 atom stereocenters. The van der Waals surface area contributed by atoms with Crippen LogP contribution in [0.4, 0.5) is 0 Å². The van der Waals surface area contributed by atoms with E-state index < -0.39 is 262 Å². The molecule has 11 aliphatic rings. The van der Waals surface area contributed by atoms with E-state index >= 15 is 4.79 Å². The third kappa shape index (κ3) is 12.3. The Morgan fingerprint density at radius 2 is 1.06 bits per heavy atom. The number of allylic oxidation sites excluding steroid dienone is 2. The zero-order chi connectivity index (χ0) is 68.6. The minimum atomic E-state index is -1.89. The number of rotatable bonds is 14. The number of ether oxygens (including phenoxy) is 12. The molecule has 0 aromatic heterocycles. The number of aliphatic hydroxyl groups is 18. The van der Waals surface area contributed by atoms with Gasteiger partial charge in [-0.05, 0) is 98.7 Å². The Balaban J connectivity index is 0.752. The third-order valence-corrected chi connectivity index (χ3v) is 24.4. The van der Waals surface area contributed by atoms with Gasteiger partial charge in [0, 0.05) is 11.3 Å². The molecular weight excluding hydrogens is 1250 g/mol. The Kier molecular flexibility index (Phi) is 21.1. The van der Waals surface area contributed by atoms with Crippen molar-refractivity contribution in [3.8, 4) is 0 Å². The monoisotopic (exact) mass is 1350 g/mol. The van der Waals surface area contributed by atoms with E-state index in [2.05, 4.69) is 33.8 Å². The summed E-state index contributed by atoms with van der Waals surface area (Å²) in [7, 11) is 0. The topological polar surface area (TPSA) is 492 Å². The molecule has 0 aromatic carbocycles. The predicted molar refractivity (Wildman–Crippen MR) is 311 cm³/mol. The van der Waals surface area contributed by atoms with Gasteiger partial charge in [0.15, 0.2) is 31.5 Å². The van der Waals surface area contributed by atoms with Crippen LogP contribution in [0.5, 0.6) is 0 Å². The maximum absolute atomic E-state index is 15.3. The van der Waals surface area contributed by atoms with Gasteiger partial charge in [0.2, 0.25) is 6.29 Å². The van der Waals surface area contributed by atoms with Crippen LogP contribution in [0.1, 0.15) is 107 Å². The van der Waals surface area contributed by atoms with E-state index in [1.54, 1.807) is 6.92 Å². The van der Waals surface area contributed by atoms with Crippen molar-refractivity contribution in [1.82, 2.24) is 0 Å². The van der Waals surface area contributed by atoms with Gasteiger partial charge in [0.05, 0.1) is 69.0 Å². The molecule has 0 bridgehead atoms. The summed E-state index contributed by atoms with van der Waals surface area (Å²) in [4.78, 5) is 15.3. The summed E-state index contributed by atoms with van der Waals surface area (Å²) < 4.78 is 70.1. The van der Waals surface area contributed by atoms with Crippen molar-refractivity contribution in [1.29, 1.82) is 0 Å². The van der Waals surface area contributed by atoms with Crippen LogP contribution in [0.2, 0.25) is 0 Å². The fourth-order valence-corrected chi connectivity index (χ4v) is 18.9. The number of carbonyl (C=O) groups excluding carboxylic acids is 1. The molecule has 0 radical (unpaired) electrons. The molecule has 11 rings (SSSR count). The Morgan fingerprint density at radius 1 is 0.500 bits per heavy atom. The first-order valence-electron chi connectivity index (χ1n) is 33.1. The van der Waals surface area contributed by atoms with Crippen molar-refractivity contribution >= 4 is 5.97 Å². The van der Waals surface area contributed by atoms with Gasteiger partial charge in [-0.2, -0.15) is 0 Å². The van der Waals surface area contributed by atoms with Crippen molar-refractivity contribution < 1.29 is 154 Å². The van der Waals surface area contributed by atoms with Gasteiger partial charge in [-0.15, -0.1) is 0 Å². The van der Waals surface area contributed by atoms with Crippen LogP contribution < -0.4 is 0 Å². The third-order valence-electron chi connectivity index (χ3n) is 24.4. The first-order chi connectivity index (χ1) is 44.0. The minimum Gasteiger partial charge on any atom is -0.432 e. The van der Waals surface area contributed by atoms with Crippen LogP contribution in [-0.4, -0.2) is 315 Å². The molecule has 0 spiro atoms. The fraction of sp³-hybridized carbons (Fsp3) is 0.952. The molecular formula is C63H102O31. The zero-order valence-electron chi connectivity index (χ0n) is 54.2. The van der Waals surface area contributed by atoms with Crippen molar-refractivity contribution in [3.05, 3.63) is 11.6 Å². The summed E-state index contributed by atoms with van der Waals surface area (Å²) in [6.45, 7) is 12.6. The molecule has 0 aromatic rings. The van der Waals surface area contributed by atoms with Crippen LogP contribution in [-0.2, 0) is 61.6 Å². The second kappa shape index (κ2) is 27.1. The normalized spacial score (nSPS) is 56.1. The van der Waals surface area contributed by atoms with Crippen LogP contribution in [0.3, 0.4) is 0 Å². The molecule has 10 fully saturated rings. The van der Waals surface area contributed by atoms with Crippen LogP contribution in [0.25, 0.3) is 0 Å². The SMILES string of the molecule is CC1OC(O[C@H]2[C@@H](O)C[C@@]3(C)C([C@H](O)C[C@]4(C)C3CC=C3[C@@H]5CC(C)(C)CC[C@]5(C(=O)OC5OC(C)C(OC6OCC(OC7OCC(O)C(OC8OCC(O)C(O)C8O)C7O)C(O)C6O)C(O)C5O)CC[C@]34C)[C@]2(C)CO)C(O)C(OC2OC(CO)C(O)C(O)C2O)C1O. The molecule has 31 heteroatoms. The van der Waals surface area contributed by atoms with Gasteiger partial charge in [-0.25, -0.2) is 0 Å². The molecule has 6 saturated heterocycles. The van der Waals surface area contributed by atoms with E-state index in [0.29, 0.717) is 38.5 Å². The maximum Gasteiger partial charge on any atom is 0.315 e. The molecule has 29 unspecified atom stereocenters. The number of aliphatic hydroxyl groups excluding tert-OH is 18. The molecule has 94 heavy (non-hydrogen) atoms. The van der Waals surface area contributed by atoms with Crippen molar-refractivity contribution in [3.63, 3.8) is 0 Å². The summed E-state index contributed by atoms with van der Waals surface area (Å²) in [5.41, 5.74) is -3.99. The molecule has 6 heterocycles. The molecule has 4 saturated carbocycles. The minimum absolute atomic E-state index is 0.0684. The number of hydrogen-bond acceptors (Lipinski definition) is 31. The molecule has 31 nitrogen and oxygen atoms in total. The summed E-state index contributed by atoms with van der Waals surface area (Å²) in [6, 6.07) is 0. The van der Waals surface area contributed by atoms with Gasteiger partial charge >= 0.3 is 5.97 Å². The second-order valence-electron chi connectivity index (χ2n) is 30.7. The van der Waals surface area contributed by atoms with Gasteiger partial charge in [0.1, 0.15) is 116 Å². The van der Waals surface area contributed by atoms with Crippen LogP contribution in [0, 0.1) is 50.2 Å². The molecule has 0 amide bonds. The molecule has 540 valence electrons. The molecule has 5 aliphatic carbocycles. The lowest BCUT2D eigenvalue weighted by Gasteiger charge is -2.72. The van der Waals surface area contributed by atoms with E-state index in [-0.39, 0.29) is 24.2 Å². The van der Waals surface area contributed by atoms with Crippen molar-refractivity contribution in [2.45, 2.75) is 291 Å². The fourth-order valence-electron chi connectivity index (χ4n) is 18.9. The average Bonchev–Trinajstić information content (AvgIpc) is 0.670. The lowest BCUT2D eigenvalue weighted by molar-refractivity contribution is -0.374. The molecule has 6 aliphatic heterocycles. The Bertz CT molecular complexity index is 2660. The van der Waals surface area contributed by atoms with Crippen LogP contribution >= 0.6 is 0 Å². The van der Waals surface area contributed by atoms with Gasteiger partial charge < -0.3 is 149 Å². The highest BCUT2D eigenvalue weighted by Gasteiger charge is 2.74. The van der Waals surface area contributed by atoms with E-state index in [1.165, 1.54) is 13.8 Å². The standard InChI is InChI=1S/C63H102O31/c1-23-34(70)48(92-55-42(78)38(74)36(72)31(18-64)88-55)45(81)56(86-23)93-50-28(67)16-59(5)33-10-9-25-26-15-58(3,4)11-13-63(26,14-12-61(25,7)62(33,8)17-27(66)49(59)60(50,6)22-65)57(82)94-54-43(79)39(75)46(24(2)87-54)90-52-41(77)37(73)32(21-85-52)89-53-44(80)47(30(69)20-84-53)91-51-40(76)35(71)29(68)19-83-51/h9,23-24,26-56,64-81H,10-22H2,1-8H3/t23?,24?,26-,27+,28-,29?,30?,31?,32?,33?,34?,35?,36?,37?,38?,39?,40?,41?,42?,43?,44?,45?,46?,47?,48?,49?,50-,51?,52?,53?,54?,55?,56?,59+,60-,61+,62+,63-/m0/s1. The van der Waals surface area contributed by atoms with Crippen molar-refractivity contribution in [2.24, 2.45) is 50.2 Å². The highest BCUT2D eigenvalue weighted by atomic mass is 16.8. The van der Waals surface area contributed by atoms with Crippen LogP contribution in [0.15, 0.2) is 11.6 Å². The lowest BCUT2D eigenvalue weighted by Crippen LogP contribution is -2.72. The van der Waals surface area contributed by atoms with Gasteiger partial charge in [-0.3, -0.25) is 4.79 Å².